The van der Waals surface area contributed by atoms with E-state index in [0.717, 1.165) is 31.5 Å². The molecule has 0 N–H and O–H groups in total. The van der Waals surface area contributed by atoms with E-state index < -0.39 is 0 Å². The van der Waals surface area contributed by atoms with Crippen molar-refractivity contribution in [1.82, 2.24) is 9.80 Å². The molecule has 0 bridgehead atoms. The number of carbonyl (C=O) groups excluding carboxylic acids is 2. The number of halogens is 1. The molecule has 0 unspecified atom stereocenters. The molecular weight excluding hydrogens is 359 g/mol. The molecule has 2 saturated heterocycles. The van der Waals surface area contributed by atoms with Gasteiger partial charge in [-0.3, -0.25) is 14.5 Å². The summed E-state index contributed by atoms with van der Waals surface area (Å²) in [6.45, 7) is 1.92. The molecule has 2 amide bonds. The molecule has 132 valence electrons. The van der Waals surface area contributed by atoms with Gasteiger partial charge in [0.2, 0.25) is 5.91 Å². The van der Waals surface area contributed by atoms with Crippen molar-refractivity contribution in [3.63, 3.8) is 0 Å². The molecule has 3 rings (SSSR count). The summed E-state index contributed by atoms with van der Waals surface area (Å²) >= 11 is 6.50. The molecule has 0 saturated carbocycles. The second-order valence-corrected chi connectivity index (χ2v) is 7.75. The maximum Gasteiger partial charge on any atom is 0.266 e. The molecule has 0 atom stereocenters. The minimum Gasteiger partial charge on any atom is -0.343 e. The Balaban J connectivity index is 1.61. The summed E-state index contributed by atoms with van der Waals surface area (Å²) in [6.07, 6.45) is 5.26. The van der Waals surface area contributed by atoms with Gasteiger partial charge in [-0.1, -0.05) is 36.1 Å². The zero-order valence-electron chi connectivity index (χ0n) is 13.7. The van der Waals surface area contributed by atoms with Crippen molar-refractivity contribution in [3.05, 3.63) is 40.6 Å². The van der Waals surface area contributed by atoms with E-state index in [1.165, 1.54) is 35.2 Å². The highest BCUT2D eigenvalue weighted by Gasteiger charge is 2.32. The number of thioether (sulfide) groups is 1. The summed E-state index contributed by atoms with van der Waals surface area (Å²) in [6, 6.07) is 5.93. The molecular formula is C18H19FN2O2S2. The van der Waals surface area contributed by atoms with Crippen molar-refractivity contribution < 1.29 is 14.0 Å². The van der Waals surface area contributed by atoms with Crippen LogP contribution in [0.1, 0.15) is 31.2 Å². The first-order valence-corrected chi connectivity index (χ1v) is 9.56. The SMILES string of the molecule is O=C(CCN1C(=O)C(=Cc2ccc(F)cc2)SC1=S)N1CCCCC1. The third-order valence-electron chi connectivity index (χ3n) is 4.30. The highest BCUT2D eigenvalue weighted by Crippen LogP contribution is 2.32. The Morgan fingerprint density at radius 2 is 1.88 bits per heavy atom. The fourth-order valence-corrected chi connectivity index (χ4v) is 4.22. The molecule has 2 aliphatic heterocycles. The van der Waals surface area contributed by atoms with Crippen LogP contribution < -0.4 is 0 Å². The van der Waals surface area contributed by atoms with E-state index >= 15 is 0 Å². The van der Waals surface area contributed by atoms with Crippen LogP contribution >= 0.6 is 24.0 Å². The molecule has 7 heteroatoms. The number of hydrogen-bond acceptors (Lipinski definition) is 4. The fourth-order valence-electron chi connectivity index (χ4n) is 2.91. The van der Waals surface area contributed by atoms with Crippen LogP contribution in [0.4, 0.5) is 4.39 Å². The first-order valence-electron chi connectivity index (χ1n) is 8.33. The van der Waals surface area contributed by atoms with Crippen molar-refractivity contribution in [2.45, 2.75) is 25.7 Å². The van der Waals surface area contributed by atoms with Crippen LogP contribution in [0.2, 0.25) is 0 Å². The Bertz CT molecular complexity index is 712. The van der Waals surface area contributed by atoms with Crippen LogP contribution in [0.3, 0.4) is 0 Å². The second kappa shape index (κ2) is 8.10. The summed E-state index contributed by atoms with van der Waals surface area (Å²) in [7, 11) is 0. The van der Waals surface area contributed by atoms with Crippen LogP contribution in [0.15, 0.2) is 29.2 Å². The third kappa shape index (κ3) is 4.46. The van der Waals surface area contributed by atoms with Crippen molar-refractivity contribution in [3.8, 4) is 0 Å². The third-order valence-corrected chi connectivity index (χ3v) is 5.68. The van der Waals surface area contributed by atoms with Gasteiger partial charge in [0.1, 0.15) is 10.1 Å². The molecule has 0 aromatic heterocycles. The van der Waals surface area contributed by atoms with Crippen molar-refractivity contribution in [2.75, 3.05) is 19.6 Å². The van der Waals surface area contributed by atoms with Gasteiger partial charge in [-0.05, 0) is 43.0 Å². The maximum absolute atomic E-state index is 13.0. The summed E-state index contributed by atoms with van der Waals surface area (Å²) < 4.78 is 13.4. The normalized spacial score (nSPS) is 19.8. The number of likely N-dealkylation sites (tertiary alicyclic amines) is 1. The van der Waals surface area contributed by atoms with Crippen LogP contribution in [0.5, 0.6) is 0 Å². The van der Waals surface area contributed by atoms with Gasteiger partial charge in [-0.25, -0.2) is 4.39 Å². The van der Waals surface area contributed by atoms with E-state index in [-0.39, 0.29) is 24.1 Å². The number of piperidine rings is 1. The number of hydrogen-bond donors (Lipinski definition) is 0. The molecule has 0 aliphatic carbocycles. The van der Waals surface area contributed by atoms with Crippen molar-refractivity contribution >= 4 is 46.2 Å². The molecule has 0 radical (unpaired) electrons. The highest BCUT2D eigenvalue weighted by molar-refractivity contribution is 8.26. The van der Waals surface area contributed by atoms with Gasteiger partial charge >= 0.3 is 0 Å². The van der Waals surface area contributed by atoms with E-state index in [9.17, 15) is 14.0 Å². The first kappa shape index (κ1) is 18.1. The van der Waals surface area contributed by atoms with Crippen LogP contribution in [-0.4, -0.2) is 45.6 Å². The molecule has 2 aliphatic rings. The molecule has 2 heterocycles. The minimum absolute atomic E-state index is 0.0799. The van der Waals surface area contributed by atoms with E-state index in [2.05, 4.69) is 0 Å². The number of nitrogens with zero attached hydrogens (tertiary/aromatic N) is 2. The molecule has 0 spiro atoms. The van der Waals surface area contributed by atoms with Gasteiger partial charge in [0.25, 0.3) is 5.91 Å². The smallest absolute Gasteiger partial charge is 0.266 e. The monoisotopic (exact) mass is 378 g/mol. The molecule has 4 nitrogen and oxygen atoms in total. The zero-order valence-corrected chi connectivity index (χ0v) is 15.4. The zero-order chi connectivity index (χ0) is 17.8. The Hall–Kier alpha value is -1.73. The number of rotatable bonds is 4. The number of carbonyl (C=O) groups is 2. The van der Waals surface area contributed by atoms with Crippen molar-refractivity contribution in [1.29, 1.82) is 0 Å². The second-order valence-electron chi connectivity index (χ2n) is 6.08. The Kier molecular flexibility index (Phi) is 5.86. The number of benzene rings is 1. The van der Waals surface area contributed by atoms with Crippen LogP contribution in [-0.2, 0) is 9.59 Å². The average molecular weight is 378 g/mol. The largest absolute Gasteiger partial charge is 0.343 e. The predicted molar refractivity (Wildman–Crippen MR) is 101 cm³/mol. The lowest BCUT2D eigenvalue weighted by atomic mass is 10.1. The van der Waals surface area contributed by atoms with Crippen molar-refractivity contribution in [2.24, 2.45) is 0 Å². The quantitative estimate of drug-likeness (QED) is 0.595. The van der Waals surface area contributed by atoms with Gasteiger partial charge in [0.05, 0.1) is 4.91 Å². The summed E-state index contributed by atoms with van der Waals surface area (Å²) in [5, 5.41) is 0. The number of thiocarbonyl (C=S) groups is 1. The van der Waals surface area contributed by atoms with E-state index in [4.69, 9.17) is 12.2 Å². The molecule has 25 heavy (non-hydrogen) atoms. The van der Waals surface area contributed by atoms with Gasteiger partial charge in [0.15, 0.2) is 0 Å². The maximum atomic E-state index is 13.0. The molecule has 2 fully saturated rings. The lowest BCUT2D eigenvalue weighted by molar-refractivity contribution is -0.132. The minimum atomic E-state index is -0.319. The van der Waals surface area contributed by atoms with E-state index in [0.29, 0.717) is 15.8 Å². The van der Waals surface area contributed by atoms with Gasteiger partial charge < -0.3 is 4.90 Å². The molecule has 1 aromatic carbocycles. The first-order chi connectivity index (χ1) is 12.0. The summed E-state index contributed by atoms with van der Waals surface area (Å²) in [5.74, 6) is -0.428. The van der Waals surface area contributed by atoms with E-state index in [1.54, 1.807) is 18.2 Å². The van der Waals surface area contributed by atoms with Gasteiger partial charge in [-0.15, -0.1) is 0 Å². The molecule has 1 aromatic rings. The van der Waals surface area contributed by atoms with E-state index in [1.807, 2.05) is 4.90 Å². The van der Waals surface area contributed by atoms with Crippen LogP contribution in [0, 0.1) is 5.82 Å². The average Bonchev–Trinajstić information content (AvgIpc) is 2.89. The fraction of sp³-hybridized carbons (Fsp3) is 0.389. The Morgan fingerprint density at radius 3 is 2.56 bits per heavy atom. The van der Waals surface area contributed by atoms with Crippen LogP contribution in [0.25, 0.3) is 6.08 Å². The lowest BCUT2D eigenvalue weighted by Gasteiger charge is -2.27. The topological polar surface area (TPSA) is 40.6 Å². The standard InChI is InChI=1S/C18H19FN2O2S2/c19-14-6-4-13(5-7-14)12-15-17(23)21(18(24)25-15)11-8-16(22)20-9-2-1-3-10-20/h4-7,12H,1-3,8-11H2. The highest BCUT2D eigenvalue weighted by atomic mass is 32.2. The summed E-state index contributed by atoms with van der Waals surface area (Å²) in [5.41, 5.74) is 0.742. The Morgan fingerprint density at radius 1 is 1.20 bits per heavy atom. The van der Waals surface area contributed by atoms with Gasteiger partial charge in [-0.2, -0.15) is 0 Å². The predicted octanol–water partition coefficient (Wildman–Crippen LogP) is 3.43. The summed E-state index contributed by atoms with van der Waals surface area (Å²) in [4.78, 5) is 28.6. The Labute approximate surface area is 156 Å². The number of amides is 2. The lowest BCUT2D eigenvalue weighted by Crippen LogP contribution is -2.38. The van der Waals surface area contributed by atoms with Gasteiger partial charge in [0, 0.05) is 26.1 Å².